The zero-order valence-corrected chi connectivity index (χ0v) is 11.2. The van der Waals surface area contributed by atoms with E-state index in [0.29, 0.717) is 0 Å². The fourth-order valence-electron chi connectivity index (χ4n) is 1.94. The van der Waals surface area contributed by atoms with E-state index in [1.807, 2.05) is 11.3 Å². The summed E-state index contributed by atoms with van der Waals surface area (Å²) in [5.41, 5.74) is 1.96. The highest BCUT2D eigenvalue weighted by Crippen LogP contribution is 2.10. The van der Waals surface area contributed by atoms with Crippen LogP contribution in [0.25, 0.3) is 5.52 Å². The van der Waals surface area contributed by atoms with Crippen LogP contribution < -0.4 is 5.32 Å². The molecule has 0 amide bonds. The number of aromatic nitrogens is 4. The summed E-state index contributed by atoms with van der Waals surface area (Å²) in [7, 11) is 0. The van der Waals surface area contributed by atoms with Crippen LogP contribution in [0.15, 0.2) is 12.5 Å². The van der Waals surface area contributed by atoms with Crippen LogP contribution >= 0.6 is 0 Å². The quantitative estimate of drug-likeness (QED) is 0.832. The molecule has 2 heterocycles. The molecule has 1 N–H and O–H groups in total. The van der Waals surface area contributed by atoms with Crippen LogP contribution in [-0.2, 0) is 0 Å². The number of likely N-dealkylation sites (N-methyl/N-ethyl adjacent to an activating group) is 1. The summed E-state index contributed by atoms with van der Waals surface area (Å²) in [6.07, 6.45) is 3.51. The van der Waals surface area contributed by atoms with Crippen molar-refractivity contribution in [2.45, 2.75) is 20.8 Å². The lowest BCUT2D eigenvalue weighted by Gasteiger charge is -2.18. The summed E-state index contributed by atoms with van der Waals surface area (Å²) in [4.78, 5) is 6.63. The number of hydrogen-bond donors (Lipinski definition) is 1. The third-order valence-electron chi connectivity index (χ3n) is 3.16. The summed E-state index contributed by atoms with van der Waals surface area (Å²) >= 11 is 0. The summed E-state index contributed by atoms with van der Waals surface area (Å²) < 4.78 is 1.94. The van der Waals surface area contributed by atoms with Crippen molar-refractivity contribution in [1.29, 1.82) is 0 Å². The molecule has 2 aromatic heterocycles. The van der Waals surface area contributed by atoms with Crippen LogP contribution in [-0.4, -0.2) is 50.7 Å². The second-order valence-electron chi connectivity index (χ2n) is 4.21. The molecule has 2 rings (SSSR count). The first-order chi connectivity index (χ1) is 8.76. The molecule has 0 spiro atoms. The summed E-state index contributed by atoms with van der Waals surface area (Å²) in [6, 6.07) is 0. The minimum atomic E-state index is 0.750. The third kappa shape index (κ3) is 2.59. The zero-order valence-electron chi connectivity index (χ0n) is 11.2. The van der Waals surface area contributed by atoms with Crippen LogP contribution in [0.2, 0.25) is 0 Å². The van der Waals surface area contributed by atoms with E-state index in [0.717, 1.165) is 43.3 Å². The Labute approximate surface area is 107 Å². The van der Waals surface area contributed by atoms with Crippen molar-refractivity contribution >= 4 is 11.5 Å². The predicted octanol–water partition coefficient (Wildman–Crippen LogP) is 1.19. The van der Waals surface area contributed by atoms with E-state index in [1.165, 1.54) is 0 Å². The standard InChI is InChI=1S/C12H20N6/c1-4-17(5-2)7-6-13-12-16-15-8-11-10(3)14-9-18(11)12/h8-9H,4-7H2,1-3H3,(H,13,16). The molecular formula is C12H20N6. The Kier molecular flexibility index (Phi) is 4.09. The van der Waals surface area contributed by atoms with Gasteiger partial charge in [0.2, 0.25) is 5.95 Å². The van der Waals surface area contributed by atoms with Crippen LogP contribution in [0.5, 0.6) is 0 Å². The Morgan fingerprint density at radius 1 is 1.33 bits per heavy atom. The van der Waals surface area contributed by atoms with Crippen molar-refractivity contribution < 1.29 is 0 Å². The highest BCUT2D eigenvalue weighted by atomic mass is 15.3. The highest BCUT2D eigenvalue weighted by Gasteiger charge is 2.06. The minimum absolute atomic E-state index is 0.750. The molecule has 18 heavy (non-hydrogen) atoms. The van der Waals surface area contributed by atoms with Crippen molar-refractivity contribution in [2.24, 2.45) is 0 Å². The van der Waals surface area contributed by atoms with Crippen LogP contribution in [0, 0.1) is 6.92 Å². The number of aryl methyl sites for hydroxylation is 1. The first-order valence-corrected chi connectivity index (χ1v) is 6.37. The maximum atomic E-state index is 4.26. The molecule has 0 saturated carbocycles. The van der Waals surface area contributed by atoms with Gasteiger partial charge in [0.15, 0.2) is 0 Å². The lowest BCUT2D eigenvalue weighted by atomic mass is 10.4. The first-order valence-electron chi connectivity index (χ1n) is 6.37. The SMILES string of the molecule is CCN(CC)CCNc1nncc2c(C)ncn12. The maximum Gasteiger partial charge on any atom is 0.229 e. The van der Waals surface area contributed by atoms with Crippen molar-refractivity contribution in [3.8, 4) is 0 Å². The summed E-state index contributed by atoms with van der Waals surface area (Å²) in [5, 5.41) is 11.4. The van der Waals surface area contributed by atoms with Gasteiger partial charge in [0.1, 0.15) is 6.33 Å². The molecule has 0 radical (unpaired) electrons. The van der Waals surface area contributed by atoms with Crippen LogP contribution in [0.3, 0.4) is 0 Å². The smallest absolute Gasteiger partial charge is 0.229 e. The Bertz CT molecular complexity index is 502. The number of fused-ring (bicyclic) bond motifs is 1. The molecule has 0 saturated heterocycles. The monoisotopic (exact) mass is 248 g/mol. The highest BCUT2D eigenvalue weighted by molar-refractivity contribution is 5.52. The number of nitrogens with zero attached hydrogens (tertiary/aromatic N) is 5. The topological polar surface area (TPSA) is 58.3 Å². The van der Waals surface area contributed by atoms with Gasteiger partial charge in [-0.15, -0.1) is 5.10 Å². The molecule has 0 aromatic carbocycles. The molecule has 6 nitrogen and oxygen atoms in total. The zero-order chi connectivity index (χ0) is 13.0. The lowest BCUT2D eigenvalue weighted by molar-refractivity contribution is 0.315. The van der Waals surface area contributed by atoms with E-state index in [2.05, 4.69) is 39.2 Å². The molecule has 0 aliphatic heterocycles. The van der Waals surface area contributed by atoms with Gasteiger partial charge in [0, 0.05) is 13.1 Å². The second-order valence-corrected chi connectivity index (χ2v) is 4.21. The van der Waals surface area contributed by atoms with Gasteiger partial charge in [-0.3, -0.25) is 4.40 Å². The largest absolute Gasteiger partial charge is 0.353 e. The molecule has 0 aliphatic carbocycles. The Morgan fingerprint density at radius 2 is 2.11 bits per heavy atom. The molecule has 0 bridgehead atoms. The van der Waals surface area contributed by atoms with E-state index in [9.17, 15) is 0 Å². The molecule has 2 aromatic rings. The normalized spacial score (nSPS) is 11.3. The van der Waals surface area contributed by atoms with Crippen molar-refractivity contribution in [3.63, 3.8) is 0 Å². The number of rotatable bonds is 6. The first kappa shape index (κ1) is 12.8. The van der Waals surface area contributed by atoms with E-state index in [4.69, 9.17) is 0 Å². The van der Waals surface area contributed by atoms with Crippen molar-refractivity contribution in [2.75, 3.05) is 31.5 Å². The van der Waals surface area contributed by atoms with Gasteiger partial charge < -0.3 is 10.2 Å². The fourth-order valence-corrected chi connectivity index (χ4v) is 1.94. The van der Waals surface area contributed by atoms with Gasteiger partial charge in [-0.2, -0.15) is 5.10 Å². The molecule has 0 atom stereocenters. The van der Waals surface area contributed by atoms with Gasteiger partial charge in [-0.05, 0) is 20.0 Å². The van der Waals surface area contributed by atoms with Gasteiger partial charge in [-0.25, -0.2) is 4.98 Å². The second kappa shape index (κ2) is 5.77. The number of hydrogen-bond acceptors (Lipinski definition) is 5. The molecule has 0 fully saturated rings. The van der Waals surface area contributed by atoms with Crippen molar-refractivity contribution in [1.82, 2.24) is 24.5 Å². The van der Waals surface area contributed by atoms with E-state index >= 15 is 0 Å². The van der Waals surface area contributed by atoms with Crippen LogP contribution in [0.1, 0.15) is 19.5 Å². The Balaban J connectivity index is 2.03. The molecule has 0 unspecified atom stereocenters. The number of anilines is 1. The average Bonchev–Trinajstić information content (AvgIpc) is 2.78. The molecule has 6 heteroatoms. The lowest BCUT2D eigenvalue weighted by Crippen LogP contribution is -2.29. The van der Waals surface area contributed by atoms with Crippen LogP contribution in [0.4, 0.5) is 5.95 Å². The van der Waals surface area contributed by atoms with Gasteiger partial charge >= 0.3 is 0 Å². The van der Waals surface area contributed by atoms with E-state index in [-0.39, 0.29) is 0 Å². The molecular weight excluding hydrogens is 228 g/mol. The number of nitrogens with one attached hydrogen (secondary N) is 1. The predicted molar refractivity (Wildman–Crippen MR) is 71.8 cm³/mol. The van der Waals surface area contributed by atoms with Gasteiger partial charge in [0.25, 0.3) is 0 Å². The average molecular weight is 248 g/mol. The number of imidazole rings is 1. The Morgan fingerprint density at radius 3 is 2.83 bits per heavy atom. The fraction of sp³-hybridized carbons (Fsp3) is 0.583. The maximum absolute atomic E-state index is 4.26. The van der Waals surface area contributed by atoms with Crippen molar-refractivity contribution in [3.05, 3.63) is 18.2 Å². The molecule has 0 aliphatic rings. The third-order valence-corrected chi connectivity index (χ3v) is 3.16. The summed E-state index contributed by atoms with van der Waals surface area (Å²) in [5.74, 6) is 0.750. The van der Waals surface area contributed by atoms with E-state index < -0.39 is 0 Å². The minimum Gasteiger partial charge on any atom is -0.353 e. The van der Waals surface area contributed by atoms with Gasteiger partial charge in [0.05, 0.1) is 17.4 Å². The Hall–Kier alpha value is -1.69. The molecule has 98 valence electrons. The summed E-state index contributed by atoms with van der Waals surface area (Å²) in [6.45, 7) is 10.3. The van der Waals surface area contributed by atoms with Gasteiger partial charge in [-0.1, -0.05) is 13.8 Å². The van der Waals surface area contributed by atoms with E-state index in [1.54, 1.807) is 12.5 Å².